The molecule has 1 aliphatic heterocycles. The molecule has 16 heavy (non-hydrogen) atoms. The van der Waals surface area contributed by atoms with E-state index in [0.29, 0.717) is 12.9 Å². The van der Waals surface area contributed by atoms with Gasteiger partial charge < -0.3 is 9.47 Å². The first-order valence-electron chi connectivity index (χ1n) is 6.10. The third-order valence-electron chi connectivity index (χ3n) is 4.30. The zero-order valence-corrected chi connectivity index (χ0v) is 13.4. The minimum Gasteiger partial charge on any atom is -0.359 e. The second-order valence-corrected chi connectivity index (χ2v) is 22.3. The van der Waals surface area contributed by atoms with Gasteiger partial charge in [0.15, 0.2) is 0 Å². The smallest absolute Gasteiger partial charge is 0.146 e. The molecule has 1 saturated heterocycles. The molecule has 0 aromatic rings. The van der Waals surface area contributed by atoms with Gasteiger partial charge in [-0.2, -0.15) is 0 Å². The van der Waals surface area contributed by atoms with Crippen molar-refractivity contribution in [3.63, 3.8) is 0 Å². The van der Waals surface area contributed by atoms with Crippen molar-refractivity contribution in [2.75, 3.05) is 13.9 Å². The summed E-state index contributed by atoms with van der Waals surface area (Å²) in [5.41, 5.74) is 0. The molecule has 1 rings (SSSR count). The Labute approximate surface area is 102 Å². The average Bonchev–Trinajstić information content (AvgIpc) is 2.18. The van der Waals surface area contributed by atoms with Gasteiger partial charge in [-0.1, -0.05) is 37.4 Å². The summed E-state index contributed by atoms with van der Waals surface area (Å²) in [7, 11) is -0.572. The van der Waals surface area contributed by atoms with Crippen LogP contribution in [0.15, 0.2) is 11.8 Å². The molecule has 0 spiro atoms. The average molecular weight is 259 g/mol. The number of ether oxygens (including phenoxy) is 2. The monoisotopic (exact) mass is 258 g/mol. The van der Waals surface area contributed by atoms with Crippen molar-refractivity contribution >= 4 is 15.2 Å². The Morgan fingerprint density at radius 2 is 2.06 bits per heavy atom. The molecule has 0 bridgehead atoms. The van der Waals surface area contributed by atoms with E-state index in [1.165, 1.54) is 17.7 Å². The van der Waals surface area contributed by atoms with E-state index in [0.717, 1.165) is 6.42 Å². The molecule has 0 aromatic carbocycles. The lowest BCUT2D eigenvalue weighted by Crippen LogP contribution is -2.58. The highest BCUT2D eigenvalue weighted by atomic mass is 29.3. The molecule has 0 aromatic heterocycles. The van der Waals surface area contributed by atoms with E-state index in [4.69, 9.17) is 9.47 Å². The van der Waals surface area contributed by atoms with Crippen LogP contribution in [0.3, 0.4) is 0 Å². The molecule has 0 aliphatic carbocycles. The standard InChI is InChI=1S/C12H26O2Si2/c1-11-9-12(14-10-13-2)7-8-16(11,6)15(3,4)5/h12H,1,7-10H2,2-6H3/t12-,16-/m1/s1. The molecule has 4 heteroatoms. The maximum atomic E-state index is 5.66. The van der Waals surface area contributed by atoms with E-state index in [2.05, 4.69) is 32.8 Å². The van der Waals surface area contributed by atoms with Crippen LogP contribution in [0.5, 0.6) is 0 Å². The maximum Gasteiger partial charge on any atom is 0.146 e. The summed E-state index contributed by atoms with van der Waals surface area (Å²) in [6.07, 6.45) is 2.62. The molecule has 1 fully saturated rings. The number of methoxy groups -OCH3 is 1. The Morgan fingerprint density at radius 1 is 1.44 bits per heavy atom. The summed E-state index contributed by atoms with van der Waals surface area (Å²) >= 11 is 0. The third kappa shape index (κ3) is 2.85. The molecule has 0 unspecified atom stereocenters. The van der Waals surface area contributed by atoms with Crippen LogP contribution in [-0.4, -0.2) is 35.2 Å². The van der Waals surface area contributed by atoms with Crippen LogP contribution < -0.4 is 0 Å². The van der Waals surface area contributed by atoms with Gasteiger partial charge in [-0.05, 0) is 12.8 Å². The van der Waals surface area contributed by atoms with Crippen molar-refractivity contribution < 1.29 is 9.47 Å². The maximum absolute atomic E-state index is 5.66. The minimum absolute atomic E-state index is 0.351. The molecule has 2 atom stereocenters. The van der Waals surface area contributed by atoms with Crippen LogP contribution in [0.25, 0.3) is 0 Å². The van der Waals surface area contributed by atoms with Gasteiger partial charge in [-0.15, -0.1) is 6.58 Å². The first kappa shape index (κ1) is 14.2. The highest BCUT2D eigenvalue weighted by Crippen LogP contribution is 2.38. The number of rotatable bonds is 4. The molecule has 2 nitrogen and oxygen atoms in total. The second kappa shape index (κ2) is 5.16. The van der Waals surface area contributed by atoms with Crippen LogP contribution in [-0.2, 0) is 9.47 Å². The predicted molar refractivity (Wildman–Crippen MR) is 74.9 cm³/mol. The van der Waals surface area contributed by atoms with Gasteiger partial charge in [-0.3, -0.25) is 0 Å². The molecule has 0 saturated carbocycles. The summed E-state index contributed by atoms with van der Waals surface area (Å²) < 4.78 is 10.6. The molecular formula is C12H26O2Si2. The lowest BCUT2D eigenvalue weighted by Gasteiger charge is -2.45. The van der Waals surface area contributed by atoms with Gasteiger partial charge >= 0.3 is 0 Å². The Bertz CT molecular complexity index is 260. The van der Waals surface area contributed by atoms with Gasteiger partial charge in [0.2, 0.25) is 0 Å². The Morgan fingerprint density at radius 3 is 2.50 bits per heavy atom. The normalized spacial score (nSPS) is 31.8. The molecule has 0 N–H and O–H groups in total. The minimum atomic E-state index is -1.20. The predicted octanol–water partition coefficient (Wildman–Crippen LogP) is 3.36. The van der Waals surface area contributed by atoms with Crippen LogP contribution >= 0.6 is 0 Å². The fourth-order valence-electron chi connectivity index (χ4n) is 2.44. The summed E-state index contributed by atoms with van der Waals surface area (Å²) in [6, 6.07) is 1.36. The van der Waals surface area contributed by atoms with E-state index < -0.39 is 15.2 Å². The van der Waals surface area contributed by atoms with E-state index in [1.807, 2.05) is 0 Å². The van der Waals surface area contributed by atoms with Crippen LogP contribution in [0.2, 0.25) is 32.2 Å². The molecule has 0 amide bonds. The first-order chi connectivity index (χ1) is 7.31. The van der Waals surface area contributed by atoms with Gasteiger partial charge in [-0.25, -0.2) is 0 Å². The number of hydrogen-bond acceptors (Lipinski definition) is 2. The SMILES string of the molecule is C=C1C[C@H](OCOC)CC[Si@@]1(C)[Si](C)(C)C. The second-order valence-electron chi connectivity index (χ2n) is 6.12. The van der Waals surface area contributed by atoms with Crippen LogP contribution in [0.4, 0.5) is 0 Å². The van der Waals surface area contributed by atoms with Crippen molar-refractivity contribution in [3.8, 4) is 0 Å². The lowest BCUT2D eigenvalue weighted by molar-refractivity contribution is -0.0726. The summed E-state index contributed by atoms with van der Waals surface area (Å²) in [5.74, 6) is 0. The van der Waals surface area contributed by atoms with E-state index in [9.17, 15) is 0 Å². The van der Waals surface area contributed by atoms with Crippen molar-refractivity contribution in [2.24, 2.45) is 0 Å². The first-order valence-corrected chi connectivity index (χ1v) is 13.3. The zero-order chi connectivity index (χ0) is 12.4. The molecule has 0 radical (unpaired) electrons. The van der Waals surface area contributed by atoms with Crippen molar-refractivity contribution in [2.45, 2.75) is 51.2 Å². The Kier molecular flexibility index (Phi) is 4.57. The summed E-state index contributed by atoms with van der Waals surface area (Å²) in [6.45, 7) is 14.8. The summed E-state index contributed by atoms with van der Waals surface area (Å²) in [5, 5.41) is 1.53. The quantitative estimate of drug-likeness (QED) is 0.569. The van der Waals surface area contributed by atoms with Crippen molar-refractivity contribution in [3.05, 3.63) is 11.8 Å². The van der Waals surface area contributed by atoms with Gasteiger partial charge in [0, 0.05) is 14.7 Å². The van der Waals surface area contributed by atoms with Crippen molar-refractivity contribution in [1.29, 1.82) is 0 Å². The largest absolute Gasteiger partial charge is 0.359 e. The molecule has 94 valence electrons. The molecule has 1 aliphatic rings. The highest BCUT2D eigenvalue weighted by molar-refractivity contribution is 7.43. The summed E-state index contributed by atoms with van der Waals surface area (Å²) in [4.78, 5) is 0. The van der Waals surface area contributed by atoms with E-state index in [-0.39, 0.29) is 0 Å². The molecular weight excluding hydrogens is 232 g/mol. The number of hydrogen-bond donors (Lipinski definition) is 0. The topological polar surface area (TPSA) is 18.5 Å². The Hall–Kier alpha value is 0.0938. The molecule has 1 heterocycles. The van der Waals surface area contributed by atoms with E-state index in [1.54, 1.807) is 7.11 Å². The lowest BCUT2D eigenvalue weighted by atomic mass is 10.2. The van der Waals surface area contributed by atoms with Gasteiger partial charge in [0.25, 0.3) is 0 Å². The van der Waals surface area contributed by atoms with E-state index >= 15 is 0 Å². The Balaban J connectivity index is 2.62. The van der Waals surface area contributed by atoms with Gasteiger partial charge in [0.05, 0.1) is 13.7 Å². The van der Waals surface area contributed by atoms with Gasteiger partial charge in [0.1, 0.15) is 6.79 Å². The fourth-order valence-corrected chi connectivity index (χ4v) is 12.4. The van der Waals surface area contributed by atoms with Crippen LogP contribution in [0, 0.1) is 0 Å². The third-order valence-corrected chi connectivity index (χ3v) is 22.4. The highest BCUT2D eigenvalue weighted by Gasteiger charge is 2.46. The van der Waals surface area contributed by atoms with Crippen LogP contribution in [0.1, 0.15) is 12.8 Å². The van der Waals surface area contributed by atoms with Crippen molar-refractivity contribution in [1.82, 2.24) is 0 Å². The fraction of sp³-hybridized carbons (Fsp3) is 0.833. The zero-order valence-electron chi connectivity index (χ0n) is 11.4.